The van der Waals surface area contributed by atoms with Crippen LogP contribution in [-0.4, -0.2) is 210 Å². The van der Waals surface area contributed by atoms with Crippen molar-refractivity contribution in [2.45, 2.75) is 183 Å². The van der Waals surface area contributed by atoms with Crippen LogP contribution in [0.2, 0.25) is 10.0 Å². The van der Waals surface area contributed by atoms with Crippen LogP contribution in [0, 0.1) is 23.0 Å². The van der Waals surface area contributed by atoms with E-state index in [1.54, 1.807) is 68.4 Å². The van der Waals surface area contributed by atoms with Crippen molar-refractivity contribution in [1.29, 1.82) is 0 Å². The van der Waals surface area contributed by atoms with Crippen LogP contribution >= 0.6 is 23.2 Å². The van der Waals surface area contributed by atoms with Gasteiger partial charge in [0, 0.05) is 47.9 Å². The molecule has 18 atom stereocenters. The van der Waals surface area contributed by atoms with Crippen LogP contribution in [0.15, 0.2) is 146 Å². The smallest absolute Gasteiger partial charge is 0.323 e. The maximum Gasteiger partial charge on any atom is 0.323 e. The minimum absolute atomic E-state index is 0.0295. The predicted octanol–water partition coefficient (Wildman–Crippen LogP) is 4.37. The summed E-state index contributed by atoms with van der Waals surface area (Å²) in [5.74, 6) is -16.1. The molecule has 40 nitrogen and oxygen atoms in total. The number of likely N-dealkylation sites (N-methyl/N-ethyl adjacent to an activating group) is 1. The second-order valence-corrected chi connectivity index (χ2v) is 34.2. The summed E-state index contributed by atoms with van der Waals surface area (Å²) in [5, 5.41) is 146. The van der Waals surface area contributed by atoms with Crippen LogP contribution in [0.5, 0.6) is 51.7 Å². The number of phenolic OH excluding ortho intramolecular Hbond substituents is 3. The monoisotopic (exact) mass is 1880 g/mol. The number of nitrogens with zero attached hydrogens (tertiary/aromatic N) is 1. The number of hydrogen-bond acceptors (Lipinski definition) is 30. The second kappa shape index (κ2) is 41.9. The number of nitrogens with two attached hydrogens (primary N) is 2. The van der Waals surface area contributed by atoms with Gasteiger partial charge >= 0.3 is 5.69 Å². The van der Waals surface area contributed by atoms with Crippen molar-refractivity contribution in [3.05, 3.63) is 216 Å². The molecule has 8 aromatic rings. The van der Waals surface area contributed by atoms with Gasteiger partial charge in [-0.2, -0.15) is 0 Å². The number of phenols is 3. The average Bonchev–Trinajstić information content (AvgIpc) is 0.762. The van der Waals surface area contributed by atoms with E-state index in [0.29, 0.717) is 11.1 Å². The van der Waals surface area contributed by atoms with Crippen LogP contribution in [0.1, 0.15) is 139 Å². The third-order valence-corrected chi connectivity index (χ3v) is 23.9. The normalized spacial score (nSPS) is 25.0. The van der Waals surface area contributed by atoms with E-state index in [1.807, 2.05) is 13.8 Å². The van der Waals surface area contributed by atoms with Gasteiger partial charge in [0.25, 0.3) is 5.91 Å². The summed E-state index contributed by atoms with van der Waals surface area (Å²) in [6.07, 6.45) is -19.4. The van der Waals surface area contributed by atoms with Crippen LogP contribution in [0.3, 0.4) is 0 Å². The number of nitro benzene ring substituents is 1. The number of primary amides is 1. The molecule has 11 bridgehead atoms. The number of aliphatic hydroxyl groups excluding tert-OH is 6. The molecule has 2 saturated heterocycles. The van der Waals surface area contributed by atoms with Crippen molar-refractivity contribution < 1.29 is 127 Å². The Morgan fingerprint density at radius 1 is 0.699 bits per heavy atom. The van der Waals surface area contributed by atoms with Crippen LogP contribution in [-0.2, 0) is 65.7 Å². The molecule has 7 heterocycles. The number of rotatable bonds is 25. The van der Waals surface area contributed by atoms with Crippen molar-refractivity contribution in [1.82, 2.24) is 47.9 Å². The number of hydrogen-bond donors (Lipinski definition) is 21. The largest absolute Gasteiger partial charge is 0.508 e. The molecule has 706 valence electrons. The lowest BCUT2D eigenvalue weighted by atomic mass is 9.84. The summed E-state index contributed by atoms with van der Waals surface area (Å²) in [7, 11) is 1.47. The van der Waals surface area contributed by atoms with Crippen molar-refractivity contribution in [3.63, 3.8) is 0 Å². The van der Waals surface area contributed by atoms with E-state index in [2.05, 4.69) is 53.2 Å². The maximum atomic E-state index is 16.4. The molecule has 0 spiro atoms. The number of ether oxygens (including phenoxy) is 7. The number of aromatic hydroxyl groups is 3. The van der Waals surface area contributed by atoms with E-state index in [1.165, 1.54) is 44.3 Å². The van der Waals surface area contributed by atoms with Gasteiger partial charge in [0.05, 0.1) is 46.2 Å². The summed E-state index contributed by atoms with van der Waals surface area (Å²) in [4.78, 5) is 147. The molecule has 0 aromatic heterocycles. The van der Waals surface area contributed by atoms with Crippen molar-refractivity contribution in [2.24, 2.45) is 17.4 Å². The van der Waals surface area contributed by atoms with Gasteiger partial charge in [-0.3, -0.25) is 53.3 Å². The number of anilines is 1. The summed E-state index contributed by atoms with van der Waals surface area (Å²) >= 11 is 14.4. The van der Waals surface area contributed by atoms with Crippen LogP contribution in [0.4, 0.5) is 11.4 Å². The van der Waals surface area contributed by atoms with Gasteiger partial charge in [-0.1, -0.05) is 104 Å². The first-order valence-corrected chi connectivity index (χ1v) is 43.1. The Morgan fingerprint density at radius 2 is 1.35 bits per heavy atom. The molecule has 2 fully saturated rings. The zero-order valence-electron chi connectivity index (χ0n) is 72.3. The van der Waals surface area contributed by atoms with Gasteiger partial charge in [0.15, 0.2) is 23.9 Å². The Kier molecular flexibility index (Phi) is 30.8. The number of halogens is 2. The number of carbonyl (C=O) groups excluding carboxylic acids is 9. The highest BCUT2D eigenvalue weighted by Crippen LogP contribution is 2.51. The average molecular weight is 1880 g/mol. The summed E-state index contributed by atoms with van der Waals surface area (Å²) in [5.41, 5.74) is 8.64. The number of carbonyl (C=O) groups is 9. The number of amides is 9. The molecular formula is C91H101Cl2N13O27. The lowest BCUT2D eigenvalue weighted by molar-refractivity contribution is -0.386. The molecule has 8 aromatic carbocycles. The number of aryl methyl sites for hydroxylation is 1. The number of benzene rings is 8. The summed E-state index contributed by atoms with van der Waals surface area (Å²) in [6, 6.07) is 18.0. The van der Waals surface area contributed by atoms with Crippen LogP contribution in [0.25, 0.3) is 11.1 Å². The molecule has 7 aliphatic rings. The van der Waals surface area contributed by atoms with E-state index in [-0.39, 0.29) is 96.4 Å². The first-order chi connectivity index (χ1) is 63.3. The Bertz CT molecular complexity index is 5770. The lowest BCUT2D eigenvalue weighted by Gasteiger charge is -2.48. The first kappa shape index (κ1) is 97.6. The van der Waals surface area contributed by atoms with Gasteiger partial charge in [-0.15, -0.1) is 0 Å². The van der Waals surface area contributed by atoms with Gasteiger partial charge in [-0.25, -0.2) is 0 Å². The van der Waals surface area contributed by atoms with Gasteiger partial charge in [0.2, 0.25) is 65.0 Å². The van der Waals surface area contributed by atoms with Crippen molar-refractivity contribution in [2.75, 3.05) is 32.1 Å². The Labute approximate surface area is 769 Å². The fraction of sp³-hybridized carbons (Fsp3) is 0.374. The number of nitro groups is 1. The van der Waals surface area contributed by atoms with Gasteiger partial charge in [0.1, 0.15) is 108 Å². The number of aliphatic hydroxyl groups is 6. The molecule has 0 aliphatic carbocycles. The second-order valence-electron chi connectivity index (χ2n) is 33.4. The van der Waals surface area contributed by atoms with Crippen LogP contribution < -0.4 is 83.6 Å². The fourth-order valence-corrected chi connectivity index (χ4v) is 16.7. The van der Waals surface area contributed by atoms with E-state index >= 15 is 24.0 Å². The highest BCUT2D eigenvalue weighted by atomic mass is 35.5. The summed E-state index contributed by atoms with van der Waals surface area (Å²) in [6.45, 7) is 7.23. The highest BCUT2D eigenvalue weighted by Gasteiger charge is 2.53. The topological polar surface area (TPSA) is 616 Å². The third kappa shape index (κ3) is 22.1. The molecule has 0 saturated carbocycles. The summed E-state index contributed by atoms with van der Waals surface area (Å²) < 4.78 is 45.7. The minimum atomic E-state index is -2.40. The van der Waals surface area contributed by atoms with Gasteiger partial charge < -0.3 is 144 Å². The zero-order chi connectivity index (χ0) is 95.9. The molecule has 0 radical (unpaired) electrons. The third-order valence-electron chi connectivity index (χ3n) is 23.3. The Hall–Kier alpha value is -12.9. The SMILES string of the molecule is CN[C@@H](CC(C)C)C(=O)N[C@H]1C(=O)N[C@@H](CC(N)=O)C(=O)NC2C(=O)N[C@@H]3C(=O)N[C@@H](C(=O)N[C@@H](C(=O)NCCCN)c4cc(O)cc(O)c4-c4cc3ccc4O)[C@H](O)c3ccc(c(Cl)c3)Oc3cc2cc(c3OC2OC(CO)[C@@H](O)[C@@H](O)[C@H]2O[C@H]2CC(C)(NCc3cccc(NC(=O)c4ccc(C)c(OCc5ccccc5)c4[N+](=O)[O-])c3)[C@@H](O)[C@@H](C)O2)Oc2ccc(cc2Cl)[C@H]1O. The number of fused-ring (bicyclic) bond motifs is 15. The first-order valence-electron chi connectivity index (χ1n) is 42.4. The number of nitrogens with one attached hydrogen (secondary N) is 10. The maximum absolute atomic E-state index is 16.4. The predicted molar refractivity (Wildman–Crippen MR) is 474 cm³/mol. The quantitative estimate of drug-likeness (QED) is 0.0215. The standard InChI is InChI=1S/C91H101Cl2N13O27/c1-40(2)26-56(96-6)83(118)104-71-74(112)46-18-22-60(54(92)29-46)129-62-31-48-32-63(79(62)133-90-80(77(115)76(114)64(38-107)131-90)132-66-36-91(5,81(116)42(4)128-66)98-37-44-14-10-15-49(27-44)99-82(117)51-20-16-41(3)78(73(51)106(125)126)127-39-43-12-8-7-9-13-43)130-61-23-19-47(30-55(61)93)75(113)72-89(124)103-70(85(120)97-25-11-24-94)53-33-50(108)34-59(110)67(53)52-28-45(17-21-58(52)109)68(86(121)105-72)102-87(122)69(48)101-84(119)57(35-65(95)111)100-88(71)123/h7-10,12-23,27-34,40,42,56-57,64,66,68-72,74-77,80-81,90,96,98,107-110,112-116H,11,24-26,35-39,94H2,1-6H3,(H2,95,111)(H,97,120)(H,99,117)(H,100,123)(H,101,119)(H,102,122)(H,103,124)(H,104,118)(H,105,121)/t42-,56+,57+,64?,66+,68+,69?,70-,71-,72-,74-,75-,76-,77-,80-,81+,90?,91?/m1/s1. The fourth-order valence-electron chi connectivity index (χ4n) is 16.3. The molecule has 4 unspecified atom stereocenters. The van der Waals surface area contributed by atoms with E-state index < -0.39 is 253 Å². The van der Waals surface area contributed by atoms with Crippen molar-refractivity contribution >= 4 is 87.7 Å². The zero-order valence-corrected chi connectivity index (χ0v) is 73.9. The van der Waals surface area contributed by atoms with Crippen molar-refractivity contribution in [3.8, 4) is 62.9 Å². The Balaban J connectivity index is 0.932. The molecule has 23 N–H and O–H groups in total. The molecule has 42 heteroatoms. The molecule has 9 amide bonds. The van der Waals surface area contributed by atoms with E-state index in [4.69, 9.17) is 67.8 Å². The lowest BCUT2D eigenvalue weighted by Crippen LogP contribution is -2.65. The van der Waals surface area contributed by atoms with E-state index in [0.717, 1.165) is 66.2 Å². The Morgan fingerprint density at radius 3 is 2.00 bits per heavy atom. The highest BCUT2D eigenvalue weighted by molar-refractivity contribution is 6.32. The molecular weight excluding hydrogens is 1780 g/mol. The molecule has 15 rings (SSSR count). The molecule has 133 heavy (non-hydrogen) atoms. The minimum Gasteiger partial charge on any atom is -0.508 e. The molecule has 7 aliphatic heterocycles. The van der Waals surface area contributed by atoms with E-state index in [9.17, 15) is 75.3 Å². The van der Waals surface area contributed by atoms with Gasteiger partial charge in [-0.05, 0) is 170 Å².